The van der Waals surface area contributed by atoms with Crippen LogP contribution in [-0.4, -0.2) is 65.3 Å². The predicted octanol–water partition coefficient (Wildman–Crippen LogP) is 1.79. The van der Waals surface area contributed by atoms with Gasteiger partial charge in [0.15, 0.2) is 0 Å². The summed E-state index contributed by atoms with van der Waals surface area (Å²) in [4.78, 5) is 53.8. The number of hydrogen-bond acceptors (Lipinski definition) is 5. The van der Waals surface area contributed by atoms with Crippen molar-refractivity contribution in [2.75, 3.05) is 18.4 Å². The fraction of sp³-hybridized carbons (Fsp3) is 0.615. The van der Waals surface area contributed by atoms with Crippen molar-refractivity contribution in [1.29, 1.82) is 0 Å². The highest BCUT2D eigenvalue weighted by atomic mass is 16.2. The van der Waals surface area contributed by atoms with E-state index in [1.165, 1.54) is 0 Å². The van der Waals surface area contributed by atoms with E-state index in [1.807, 2.05) is 32.0 Å². The van der Waals surface area contributed by atoms with Crippen molar-refractivity contribution in [2.24, 2.45) is 5.92 Å². The Bertz CT molecular complexity index is 912. The fourth-order valence-electron chi connectivity index (χ4n) is 4.64. The maximum Gasteiger partial charge on any atom is 0.246 e. The lowest BCUT2D eigenvalue weighted by atomic mass is 9.99. The van der Waals surface area contributed by atoms with Crippen LogP contribution in [0.4, 0.5) is 5.69 Å². The molecular weight excluding hydrogens is 446 g/mol. The monoisotopic (exact) mass is 485 g/mol. The highest BCUT2D eigenvalue weighted by molar-refractivity contribution is 6.00. The minimum absolute atomic E-state index is 0.0445. The molecule has 3 atom stereocenters. The van der Waals surface area contributed by atoms with Gasteiger partial charge in [-0.3, -0.25) is 19.2 Å². The van der Waals surface area contributed by atoms with Crippen molar-refractivity contribution in [3.8, 4) is 0 Å². The first-order valence-electron chi connectivity index (χ1n) is 12.6. The van der Waals surface area contributed by atoms with Crippen LogP contribution in [0.5, 0.6) is 0 Å². The van der Waals surface area contributed by atoms with Crippen LogP contribution in [0.25, 0.3) is 0 Å². The molecule has 0 saturated carbocycles. The number of para-hydroxylation sites is 1. The van der Waals surface area contributed by atoms with E-state index in [0.29, 0.717) is 25.1 Å². The Balaban J connectivity index is 1.63. The van der Waals surface area contributed by atoms with Gasteiger partial charge in [-0.2, -0.15) is 0 Å². The summed E-state index contributed by atoms with van der Waals surface area (Å²) in [6.07, 6.45) is 3.49. The Morgan fingerprint density at radius 1 is 1.09 bits per heavy atom. The zero-order valence-corrected chi connectivity index (χ0v) is 21.2. The van der Waals surface area contributed by atoms with E-state index in [2.05, 4.69) is 21.3 Å². The Kier molecular flexibility index (Phi) is 8.88. The smallest absolute Gasteiger partial charge is 0.246 e. The predicted molar refractivity (Wildman–Crippen MR) is 134 cm³/mol. The van der Waals surface area contributed by atoms with Crippen LogP contribution >= 0.6 is 0 Å². The summed E-state index contributed by atoms with van der Waals surface area (Å²) in [6.45, 7) is 8.53. The molecule has 0 radical (unpaired) electrons. The molecule has 4 amide bonds. The van der Waals surface area contributed by atoms with Crippen LogP contribution in [0, 0.1) is 5.92 Å². The van der Waals surface area contributed by atoms with Gasteiger partial charge < -0.3 is 26.2 Å². The van der Waals surface area contributed by atoms with Gasteiger partial charge in [-0.25, -0.2) is 0 Å². The zero-order chi connectivity index (χ0) is 25.6. The number of nitrogens with zero attached hydrogens (tertiary/aromatic N) is 1. The molecule has 0 aliphatic carbocycles. The molecule has 3 rings (SSSR count). The molecule has 2 saturated heterocycles. The van der Waals surface area contributed by atoms with E-state index >= 15 is 0 Å². The lowest BCUT2D eigenvalue weighted by Gasteiger charge is -2.32. The van der Waals surface area contributed by atoms with E-state index < -0.39 is 23.5 Å². The normalized spacial score (nSPS) is 21.0. The quantitative estimate of drug-likeness (QED) is 0.425. The SMILES string of the molecule is CC(C)C[C@@H](NC(=O)C(C)(C)NC(=O)C1CCCN1C(=O)[C@H]1CCCN1)C(=O)Nc1ccccc1. The van der Waals surface area contributed by atoms with Gasteiger partial charge in [0.2, 0.25) is 23.6 Å². The molecule has 1 unspecified atom stereocenters. The average Bonchev–Trinajstić information content (AvgIpc) is 3.50. The average molecular weight is 486 g/mol. The molecule has 2 heterocycles. The van der Waals surface area contributed by atoms with Gasteiger partial charge >= 0.3 is 0 Å². The number of anilines is 1. The highest BCUT2D eigenvalue weighted by Crippen LogP contribution is 2.22. The summed E-state index contributed by atoms with van der Waals surface area (Å²) in [7, 11) is 0. The van der Waals surface area contributed by atoms with Crippen LogP contribution in [0.1, 0.15) is 59.8 Å². The van der Waals surface area contributed by atoms with Crippen molar-refractivity contribution in [1.82, 2.24) is 20.9 Å². The third-order valence-corrected chi connectivity index (χ3v) is 6.57. The minimum Gasteiger partial charge on any atom is -0.342 e. The number of nitrogens with one attached hydrogen (secondary N) is 4. The van der Waals surface area contributed by atoms with Gasteiger partial charge in [-0.05, 0) is 70.5 Å². The van der Waals surface area contributed by atoms with Crippen LogP contribution in [0.15, 0.2) is 30.3 Å². The third kappa shape index (κ3) is 7.04. The lowest BCUT2D eigenvalue weighted by molar-refractivity contribution is -0.142. The molecule has 35 heavy (non-hydrogen) atoms. The molecule has 4 N–H and O–H groups in total. The largest absolute Gasteiger partial charge is 0.342 e. The summed E-state index contributed by atoms with van der Waals surface area (Å²) in [5.41, 5.74) is -0.613. The van der Waals surface area contributed by atoms with Gasteiger partial charge in [-0.15, -0.1) is 0 Å². The molecule has 0 bridgehead atoms. The maximum absolute atomic E-state index is 13.2. The second-order valence-corrected chi connectivity index (χ2v) is 10.5. The van der Waals surface area contributed by atoms with Crippen molar-refractivity contribution < 1.29 is 19.2 Å². The van der Waals surface area contributed by atoms with Crippen LogP contribution in [0.2, 0.25) is 0 Å². The Morgan fingerprint density at radius 2 is 1.80 bits per heavy atom. The number of carbonyl (C=O) groups excluding carboxylic acids is 4. The number of likely N-dealkylation sites (tertiary alicyclic amines) is 1. The number of rotatable bonds is 9. The molecule has 9 nitrogen and oxygen atoms in total. The molecule has 1 aromatic rings. The first kappa shape index (κ1) is 26.7. The third-order valence-electron chi connectivity index (χ3n) is 6.57. The van der Waals surface area contributed by atoms with E-state index in [9.17, 15) is 19.2 Å². The summed E-state index contributed by atoms with van der Waals surface area (Å²) in [5.74, 6) is -0.980. The fourth-order valence-corrected chi connectivity index (χ4v) is 4.64. The number of carbonyl (C=O) groups is 4. The van der Waals surface area contributed by atoms with Gasteiger partial charge in [0.05, 0.1) is 6.04 Å². The molecule has 2 aliphatic rings. The number of amides is 4. The van der Waals surface area contributed by atoms with Crippen LogP contribution in [0.3, 0.4) is 0 Å². The van der Waals surface area contributed by atoms with E-state index in [0.717, 1.165) is 25.8 Å². The Hall–Kier alpha value is -2.94. The summed E-state index contributed by atoms with van der Waals surface area (Å²) >= 11 is 0. The van der Waals surface area contributed by atoms with E-state index in [1.54, 1.807) is 30.9 Å². The molecule has 2 aliphatic heterocycles. The first-order chi connectivity index (χ1) is 16.6. The number of hydrogen-bond donors (Lipinski definition) is 4. The van der Waals surface area contributed by atoms with Crippen molar-refractivity contribution in [2.45, 2.75) is 83.5 Å². The second kappa shape index (κ2) is 11.7. The molecule has 2 fully saturated rings. The summed E-state index contributed by atoms with van der Waals surface area (Å²) in [5, 5.41) is 11.7. The van der Waals surface area contributed by atoms with Gasteiger partial charge in [0.25, 0.3) is 0 Å². The summed E-state index contributed by atoms with van der Waals surface area (Å²) < 4.78 is 0. The summed E-state index contributed by atoms with van der Waals surface area (Å²) in [6, 6.07) is 7.49. The molecule has 192 valence electrons. The second-order valence-electron chi connectivity index (χ2n) is 10.5. The van der Waals surface area contributed by atoms with Gasteiger partial charge in [-0.1, -0.05) is 32.0 Å². The van der Waals surface area contributed by atoms with Crippen molar-refractivity contribution >= 4 is 29.3 Å². The Labute approximate surface area is 207 Å². The molecule has 1 aromatic carbocycles. The van der Waals surface area contributed by atoms with E-state index in [-0.39, 0.29) is 29.7 Å². The molecular formula is C26H39N5O4. The van der Waals surface area contributed by atoms with Crippen LogP contribution in [-0.2, 0) is 19.2 Å². The number of benzene rings is 1. The van der Waals surface area contributed by atoms with E-state index in [4.69, 9.17) is 0 Å². The minimum atomic E-state index is -1.26. The van der Waals surface area contributed by atoms with Gasteiger partial charge in [0.1, 0.15) is 17.6 Å². The molecule has 0 spiro atoms. The first-order valence-corrected chi connectivity index (χ1v) is 12.6. The Morgan fingerprint density at radius 3 is 2.43 bits per heavy atom. The van der Waals surface area contributed by atoms with Gasteiger partial charge in [0, 0.05) is 12.2 Å². The van der Waals surface area contributed by atoms with Crippen molar-refractivity contribution in [3.05, 3.63) is 30.3 Å². The zero-order valence-electron chi connectivity index (χ0n) is 21.2. The standard InChI is InChI=1S/C26H39N5O4/c1-17(2)16-20(22(32)28-18-10-6-5-7-11-18)29-25(35)26(3,4)30-23(33)21-13-9-15-31(21)24(34)19-12-8-14-27-19/h5-7,10-11,17,19-21,27H,8-9,12-16H2,1-4H3,(H,28,32)(H,29,35)(H,30,33)/t19-,20-,21?/m1/s1. The topological polar surface area (TPSA) is 120 Å². The molecule has 9 heteroatoms. The highest BCUT2D eigenvalue weighted by Gasteiger charge is 2.41. The van der Waals surface area contributed by atoms with Crippen molar-refractivity contribution in [3.63, 3.8) is 0 Å². The maximum atomic E-state index is 13.2. The lowest BCUT2D eigenvalue weighted by Crippen LogP contribution is -2.61. The van der Waals surface area contributed by atoms with Crippen LogP contribution < -0.4 is 21.3 Å². The molecule has 0 aromatic heterocycles.